The van der Waals surface area contributed by atoms with Crippen LogP contribution in [0.1, 0.15) is 13.8 Å². The molecule has 0 radical (unpaired) electrons. The molecule has 68 valence electrons. The SMILES string of the molecule is CC(C)C1CNC(=O)C1C(N)=O. The second-order valence-electron chi connectivity index (χ2n) is 3.53. The van der Waals surface area contributed by atoms with Crippen molar-refractivity contribution in [1.29, 1.82) is 0 Å². The zero-order chi connectivity index (χ0) is 9.30. The van der Waals surface area contributed by atoms with Crippen LogP contribution in [-0.4, -0.2) is 18.4 Å². The van der Waals surface area contributed by atoms with Gasteiger partial charge in [-0.05, 0) is 11.8 Å². The lowest BCUT2D eigenvalue weighted by Gasteiger charge is -2.16. The Balaban J connectivity index is 2.77. The molecule has 0 aromatic carbocycles. The van der Waals surface area contributed by atoms with Crippen LogP contribution in [0.4, 0.5) is 0 Å². The Morgan fingerprint density at radius 2 is 2.25 bits per heavy atom. The Hall–Kier alpha value is -1.06. The molecule has 4 nitrogen and oxygen atoms in total. The molecule has 0 bridgehead atoms. The summed E-state index contributed by atoms with van der Waals surface area (Å²) in [6.07, 6.45) is 0. The van der Waals surface area contributed by atoms with E-state index in [9.17, 15) is 9.59 Å². The molecule has 2 unspecified atom stereocenters. The van der Waals surface area contributed by atoms with Gasteiger partial charge in [-0.15, -0.1) is 0 Å². The van der Waals surface area contributed by atoms with E-state index in [1.807, 2.05) is 13.8 Å². The summed E-state index contributed by atoms with van der Waals surface area (Å²) in [5, 5.41) is 2.64. The number of amides is 2. The number of rotatable bonds is 2. The summed E-state index contributed by atoms with van der Waals surface area (Å²) in [6, 6.07) is 0. The highest BCUT2D eigenvalue weighted by molar-refractivity contribution is 6.01. The van der Waals surface area contributed by atoms with Gasteiger partial charge in [-0.1, -0.05) is 13.8 Å². The molecular weight excluding hydrogens is 156 g/mol. The normalized spacial score (nSPS) is 29.1. The fraction of sp³-hybridized carbons (Fsp3) is 0.750. The number of hydrogen-bond donors (Lipinski definition) is 2. The maximum atomic E-state index is 11.1. The van der Waals surface area contributed by atoms with Crippen molar-refractivity contribution in [2.75, 3.05) is 6.54 Å². The topological polar surface area (TPSA) is 72.2 Å². The summed E-state index contributed by atoms with van der Waals surface area (Å²) in [5.41, 5.74) is 5.12. The van der Waals surface area contributed by atoms with Gasteiger partial charge in [0.1, 0.15) is 5.92 Å². The van der Waals surface area contributed by atoms with E-state index in [-0.39, 0.29) is 11.8 Å². The number of carbonyl (C=O) groups excluding carboxylic acids is 2. The Kier molecular flexibility index (Phi) is 2.35. The molecule has 0 aromatic heterocycles. The van der Waals surface area contributed by atoms with Crippen molar-refractivity contribution in [2.24, 2.45) is 23.5 Å². The molecule has 1 aliphatic heterocycles. The fourth-order valence-electron chi connectivity index (χ4n) is 1.60. The Morgan fingerprint density at radius 3 is 2.58 bits per heavy atom. The van der Waals surface area contributed by atoms with Crippen LogP contribution >= 0.6 is 0 Å². The zero-order valence-electron chi connectivity index (χ0n) is 7.33. The summed E-state index contributed by atoms with van der Waals surface area (Å²) in [5.74, 6) is -0.980. The molecule has 1 rings (SSSR count). The van der Waals surface area contributed by atoms with Gasteiger partial charge < -0.3 is 11.1 Å². The largest absolute Gasteiger partial charge is 0.369 e. The number of primary amides is 1. The van der Waals surface area contributed by atoms with Gasteiger partial charge in [0.25, 0.3) is 0 Å². The first kappa shape index (κ1) is 9.03. The molecule has 0 aliphatic carbocycles. The van der Waals surface area contributed by atoms with Crippen LogP contribution in [0.2, 0.25) is 0 Å². The Morgan fingerprint density at radius 1 is 1.67 bits per heavy atom. The zero-order valence-corrected chi connectivity index (χ0v) is 7.33. The van der Waals surface area contributed by atoms with Gasteiger partial charge in [-0.2, -0.15) is 0 Å². The Bertz CT molecular complexity index is 213. The molecule has 2 atom stereocenters. The van der Waals surface area contributed by atoms with E-state index in [0.717, 1.165) is 0 Å². The second-order valence-corrected chi connectivity index (χ2v) is 3.53. The number of nitrogens with one attached hydrogen (secondary N) is 1. The maximum Gasteiger partial charge on any atom is 0.232 e. The first-order valence-corrected chi connectivity index (χ1v) is 4.11. The average Bonchev–Trinajstić information content (AvgIpc) is 2.30. The van der Waals surface area contributed by atoms with Crippen molar-refractivity contribution in [1.82, 2.24) is 5.32 Å². The molecule has 0 saturated carbocycles. The number of hydrogen-bond acceptors (Lipinski definition) is 2. The first-order chi connectivity index (χ1) is 5.54. The minimum atomic E-state index is -0.620. The van der Waals surface area contributed by atoms with E-state index in [1.54, 1.807) is 0 Å². The van der Waals surface area contributed by atoms with Gasteiger partial charge in [-0.25, -0.2) is 0 Å². The highest BCUT2D eigenvalue weighted by Crippen LogP contribution is 2.24. The smallest absolute Gasteiger partial charge is 0.232 e. The third-order valence-corrected chi connectivity index (χ3v) is 2.39. The van der Waals surface area contributed by atoms with Gasteiger partial charge in [0.15, 0.2) is 0 Å². The second kappa shape index (κ2) is 3.13. The molecule has 0 spiro atoms. The van der Waals surface area contributed by atoms with Crippen molar-refractivity contribution in [2.45, 2.75) is 13.8 Å². The summed E-state index contributed by atoms with van der Waals surface area (Å²) in [6.45, 7) is 4.55. The molecule has 3 N–H and O–H groups in total. The molecule has 2 amide bonds. The van der Waals surface area contributed by atoms with Crippen LogP contribution in [0.3, 0.4) is 0 Å². The number of nitrogens with two attached hydrogens (primary N) is 1. The van der Waals surface area contributed by atoms with Crippen LogP contribution in [0.5, 0.6) is 0 Å². The minimum Gasteiger partial charge on any atom is -0.369 e. The van der Waals surface area contributed by atoms with Gasteiger partial charge in [0, 0.05) is 6.54 Å². The molecule has 12 heavy (non-hydrogen) atoms. The van der Waals surface area contributed by atoms with E-state index in [1.165, 1.54) is 0 Å². The van der Waals surface area contributed by atoms with E-state index in [4.69, 9.17) is 5.73 Å². The van der Waals surface area contributed by atoms with Crippen molar-refractivity contribution < 1.29 is 9.59 Å². The molecular formula is C8H14N2O2. The summed E-state index contributed by atoms with van der Waals surface area (Å²) in [4.78, 5) is 22.0. The van der Waals surface area contributed by atoms with Crippen LogP contribution in [0.25, 0.3) is 0 Å². The van der Waals surface area contributed by atoms with E-state index in [2.05, 4.69) is 5.32 Å². The van der Waals surface area contributed by atoms with Gasteiger partial charge in [0.05, 0.1) is 0 Å². The van der Waals surface area contributed by atoms with Crippen molar-refractivity contribution in [3.8, 4) is 0 Å². The summed E-state index contributed by atoms with van der Waals surface area (Å²) in [7, 11) is 0. The third kappa shape index (κ3) is 1.42. The monoisotopic (exact) mass is 170 g/mol. The molecule has 1 heterocycles. The summed E-state index contributed by atoms with van der Waals surface area (Å²) < 4.78 is 0. The van der Waals surface area contributed by atoms with Crippen LogP contribution in [0.15, 0.2) is 0 Å². The van der Waals surface area contributed by atoms with Crippen LogP contribution in [0, 0.1) is 17.8 Å². The van der Waals surface area contributed by atoms with Crippen molar-refractivity contribution in [3.05, 3.63) is 0 Å². The molecule has 1 fully saturated rings. The highest BCUT2D eigenvalue weighted by atomic mass is 16.2. The summed E-state index contributed by atoms with van der Waals surface area (Å²) >= 11 is 0. The van der Waals surface area contributed by atoms with Gasteiger partial charge in [0.2, 0.25) is 11.8 Å². The fourth-order valence-corrected chi connectivity index (χ4v) is 1.60. The molecule has 1 saturated heterocycles. The van der Waals surface area contributed by atoms with E-state index in [0.29, 0.717) is 12.5 Å². The molecule has 0 aromatic rings. The first-order valence-electron chi connectivity index (χ1n) is 4.11. The Labute approximate surface area is 71.5 Å². The maximum absolute atomic E-state index is 11.1. The lowest BCUT2D eigenvalue weighted by Crippen LogP contribution is -2.34. The minimum absolute atomic E-state index is 0.0648. The highest BCUT2D eigenvalue weighted by Gasteiger charge is 2.40. The predicted molar refractivity (Wildman–Crippen MR) is 44.0 cm³/mol. The van der Waals surface area contributed by atoms with Crippen molar-refractivity contribution >= 4 is 11.8 Å². The van der Waals surface area contributed by atoms with Gasteiger partial charge >= 0.3 is 0 Å². The average molecular weight is 170 g/mol. The van der Waals surface area contributed by atoms with Gasteiger partial charge in [-0.3, -0.25) is 9.59 Å². The number of carbonyl (C=O) groups is 2. The third-order valence-electron chi connectivity index (χ3n) is 2.39. The van der Waals surface area contributed by atoms with Crippen molar-refractivity contribution in [3.63, 3.8) is 0 Å². The lowest BCUT2D eigenvalue weighted by atomic mass is 9.85. The lowest BCUT2D eigenvalue weighted by molar-refractivity contribution is -0.132. The van der Waals surface area contributed by atoms with E-state index >= 15 is 0 Å². The van der Waals surface area contributed by atoms with Crippen LogP contribution < -0.4 is 11.1 Å². The van der Waals surface area contributed by atoms with E-state index < -0.39 is 11.8 Å². The molecule has 1 aliphatic rings. The molecule has 4 heteroatoms. The quantitative estimate of drug-likeness (QED) is 0.548. The van der Waals surface area contributed by atoms with Crippen LogP contribution in [-0.2, 0) is 9.59 Å². The predicted octanol–water partition coefficient (Wildman–Crippen LogP) is -0.510. The standard InChI is InChI=1S/C8H14N2O2/c1-4(2)5-3-10-8(12)6(5)7(9)11/h4-6H,3H2,1-2H3,(H2,9,11)(H,10,12).